The normalized spacial score (nSPS) is 25.8. The summed E-state index contributed by atoms with van der Waals surface area (Å²) in [5, 5.41) is 9.81. The van der Waals surface area contributed by atoms with Crippen molar-refractivity contribution in [1.82, 2.24) is 9.47 Å². The van der Waals surface area contributed by atoms with E-state index in [0.717, 1.165) is 44.7 Å². The van der Waals surface area contributed by atoms with Crippen molar-refractivity contribution in [2.45, 2.75) is 70.7 Å². The summed E-state index contributed by atoms with van der Waals surface area (Å²) < 4.78 is 7.74. The largest absolute Gasteiger partial charge is 0.503 e. The summed E-state index contributed by atoms with van der Waals surface area (Å²) in [7, 11) is 0. The fraction of sp³-hybridized carbons (Fsp3) is 0.722. The summed E-state index contributed by atoms with van der Waals surface area (Å²) in [4.78, 5) is 14.4. The van der Waals surface area contributed by atoms with E-state index >= 15 is 0 Å². The average molecular weight is 320 g/mol. The summed E-state index contributed by atoms with van der Waals surface area (Å²) in [5.41, 5.74) is 0.706. The highest BCUT2D eigenvalue weighted by Crippen LogP contribution is 2.23. The molecule has 2 aliphatic heterocycles. The number of aromatic nitrogens is 1. The fourth-order valence-corrected chi connectivity index (χ4v) is 3.86. The van der Waals surface area contributed by atoms with E-state index in [-0.39, 0.29) is 17.3 Å². The third kappa shape index (κ3) is 3.96. The maximum atomic E-state index is 11.9. The second-order valence-electron chi connectivity index (χ2n) is 6.83. The number of pyridine rings is 1. The average Bonchev–Trinajstić information content (AvgIpc) is 3.06. The number of hydrogen-bond acceptors (Lipinski definition) is 4. The van der Waals surface area contributed by atoms with Gasteiger partial charge in [0.05, 0.1) is 12.3 Å². The van der Waals surface area contributed by atoms with Crippen LogP contribution in [0.5, 0.6) is 5.75 Å². The van der Waals surface area contributed by atoms with E-state index in [2.05, 4.69) is 11.8 Å². The summed E-state index contributed by atoms with van der Waals surface area (Å²) in [6.07, 6.45) is 8.84. The molecule has 0 aromatic carbocycles. The molecular formula is C18H28N2O3. The van der Waals surface area contributed by atoms with E-state index in [1.165, 1.54) is 19.3 Å². The summed E-state index contributed by atoms with van der Waals surface area (Å²) in [6, 6.07) is 2.20. The van der Waals surface area contributed by atoms with Crippen LogP contribution in [0.4, 0.5) is 0 Å². The third-order valence-corrected chi connectivity index (χ3v) is 5.21. The smallest absolute Gasteiger partial charge is 0.223 e. The van der Waals surface area contributed by atoms with Crippen molar-refractivity contribution >= 4 is 0 Å². The molecule has 0 spiro atoms. The minimum atomic E-state index is -0.284. The van der Waals surface area contributed by atoms with Crippen LogP contribution >= 0.6 is 0 Å². The van der Waals surface area contributed by atoms with Gasteiger partial charge in [-0.1, -0.05) is 13.3 Å². The Bertz CT molecular complexity index is 578. The molecule has 0 radical (unpaired) electrons. The molecule has 0 bridgehead atoms. The van der Waals surface area contributed by atoms with Crippen molar-refractivity contribution in [3.63, 3.8) is 0 Å². The zero-order valence-electron chi connectivity index (χ0n) is 14.0. The van der Waals surface area contributed by atoms with Gasteiger partial charge < -0.3 is 14.4 Å². The molecule has 0 saturated carbocycles. The molecule has 128 valence electrons. The van der Waals surface area contributed by atoms with Gasteiger partial charge in [-0.25, -0.2) is 0 Å². The molecule has 2 fully saturated rings. The molecule has 3 rings (SSSR count). The third-order valence-electron chi connectivity index (χ3n) is 5.21. The molecule has 0 aliphatic carbocycles. The van der Waals surface area contributed by atoms with Crippen LogP contribution in [-0.2, 0) is 17.8 Å². The van der Waals surface area contributed by atoms with Gasteiger partial charge in [-0.15, -0.1) is 0 Å². The summed E-state index contributed by atoms with van der Waals surface area (Å²) in [5.74, 6) is -0.169. The highest BCUT2D eigenvalue weighted by atomic mass is 16.5. The first kappa shape index (κ1) is 16.5. The van der Waals surface area contributed by atoms with Gasteiger partial charge in [0, 0.05) is 37.5 Å². The lowest BCUT2D eigenvalue weighted by Crippen LogP contribution is -2.39. The van der Waals surface area contributed by atoms with Gasteiger partial charge in [0.25, 0.3) is 0 Å². The Kier molecular flexibility index (Phi) is 5.38. The van der Waals surface area contributed by atoms with Gasteiger partial charge in [-0.3, -0.25) is 9.69 Å². The SMILES string of the molecule is CCC1CCCCN1Cc1cc(=O)c(O)cn1CC1CCCO1. The van der Waals surface area contributed by atoms with Crippen LogP contribution in [0.2, 0.25) is 0 Å². The monoisotopic (exact) mass is 320 g/mol. The van der Waals surface area contributed by atoms with Gasteiger partial charge in [0.15, 0.2) is 5.75 Å². The number of hydrogen-bond donors (Lipinski definition) is 1. The Morgan fingerprint density at radius 1 is 1.30 bits per heavy atom. The molecule has 5 heteroatoms. The lowest BCUT2D eigenvalue weighted by Gasteiger charge is -2.35. The molecular weight excluding hydrogens is 292 g/mol. The van der Waals surface area contributed by atoms with E-state index in [9.17, 15) is 9.90 Å². The maximum Gasteiger partial charge on any atom is 0.223 e. The number of likely N-dealkylation sites (tertiary alicyclic amines) is 1. The minimum absolute atomic E-state index is 0.169. The standard InChI is InChI=1S/C18H28N2O3/c1-2-14-6-3-4-8-19(14)11-15-10-17(21)18(22)13-20(15)12-16-7-5-9-23-16/h10,13-14,16,22H,2-9,11-12H2,1H3. The minimum Gasteiger partial charge on any atom is -0.503 e. The van der Waals surface area contributed by atoms with Gasteiger partial charge >= 0.3 is 0 Å². The summed E-state index contributed by atoms with van der Waals surface area (Å²) in [6.45, 7) is 5.64. The molecule has 23 heavy (non-hydrogen) atoms. The molecule has 2 atom stereocenters. The van der Waals surface area contributed by atoms with Gasteiger partial charge in [0.2, 0.25) is 5.43 Å². The zero-order chi connectivity index (χ0) is 16.2. The van der Waals surface area contributed by atoms with E-state index in [1.54, 1.807) is 12.3 Å². The van der Waals surface area contributed by atoms with Crippen LogP contribution in [0.3, 0.4) is 0 Å². The maximum absolute atomic E-state index is 11.9. The predicted molar refractivity (Wildman–Crippen MR) is 89.7 cm³/mol. The van der Waals surface area contributed by atoms with Crippen LogP contribution < -0.4 is 5.43 Å². The van der Waals surface area contributed by atoms with E-state index in [4.69, 9.17) is 4.74 Å². The van der Waals surface area contributed by atoms with E-state index < -0.39 is 0 Å². The molecule has 1 N–H and O–H groups in total. The Hall–Kier alpha value is -1.33. The Balaban J connectivity index is 1.81. The number of aromatic hydroxyl groups is 1. The van der Waals surface area contributed by atoms with Crippen molar-refractivity contribution in [2.24, 2.45) is 0 Å². The van der Waals surface area contributed by atoms with Crippen molar-refractivity contribution in [3.8, 4) is 5.75 Å². The van der Waals surface area contributed by atoms with Gasteiger partial charge in [-0.05, 0) is 38.6 Å². The Morgan fingerprint density at radius 3 is 2.91 bits per heavy atom. The van der Waals surface area contributed by atoms with Crippen molar-refractivity contribution in [3.05, 3.63) is 28.2 Å². The van der Waals surface area contributed by atoms with Crippen LogP contribution in [0, 0.1) is 0 Å². The van der Waals surface area contributed by atoms with Crippen LogP contribution in [0.25, 0.3) is 0 Å². The molecule has 1 aromatic heterocycles. The van der Waals surface area contributed by atoms with Crippen LogP contribution in [0.15, 0.2) is 17.1 Å². The van der Waals surface area contributed by atoms with E-state index in [1.807, 2.05) is 4.57 Å². The molecule has 5 nitrogen and oxygen atoms in total. The Labute approximate surface area is 137 Å². The highest BCUT2D eigenvalue weighted by Gasteiger charge is 2.23. The quantitative estimate of drug-likeness (QED) is 0.906. The Morgan fingerprint density at radius 2 is 2.17 bits per heavy atom. The number of rotatable bonds is 5. The van der Waals surface area contributed by atoms with Crippen molar-refractivity contribution in [2.75, 3.05) is 13.2 Å². The first-order valence-electron chi connectivity index (χ1n) is 8.95. The first-order chi connectivity index (χ1) is 11.2. The second kappa shape index (κ2) is 7.49. The number of ether oxygens (including phenoxy) is 1. The van der Waals surface area contributed by atoms with Crippen LogP contribution in [-0.4, -0.2) is 39.9 Å². The van der Waals surface area contributed by atoms with Crippen LogP contribution in [0.1, 0.15) is 51.1 Å². The van der Waals surface area contributed by atoms with Crippen molar-refractivity contribution < 1.29 is 9.84 Å². The topological polar surface area (TPSA) is 54.7 Å². The molecule has 3 heterocycles. The molecule has 1 aromatic rings. The van der Waals surface area contributed by atoms with Crippen molar-refractivity contribution in [1.29, 1.82) is 0 Å². The predicted octanol–water partition coefficient (Wildman–Crippen LogP) is 2.50. The first-order valence-corrected chi connectivity index (χ1v) is 8.95. The number of piperidine rings is 1. The highest BCUT2D eigenvalue weighted by molar-refractivity contribution is 5.20. The fourth-order valence-electron chi connectivity index (χ4n) is 3.86. The zero-order valence-corrected chi connectivity index (χ0v) is 14.0. The molecule has 2 unspecified atom stereocenters. The summed E-state index contributed by atoms with van der Waals surface area (Å²) >= 11 is 0. The lowest BCUT2D eigenvalue weighted by molar-refractivity contribution is 0.0927. The molecule has 2 aliphatic rings. The van der Waals surface area contributed by atoms with Gasteiger partial charge in [-0.2, -0.15) is 0 Å². The lowest BCUT2D eigenvalue weighted by atomic mass is 10.00. The number of nitrogens with zero attached hydrogens (tertiary/aromatic N) is 2. The second-order valence-corrected chi connectivity index (χ2v) is 6.83. The molecule has 0 amide bonds. The molecule has 2 saturated heterocycles. The van der Waals surface area contributed by atoms with E-state index in [0.29, 0.717) is 12.6 Å². The van der Waals surface area contributed by atoms with Gasteiger partial charge in [0.1, 0.15) is 0 Å².